The summed E-state index contributed by atoms with van der Waals surface area (Å²) >= 11 is 0. The van der Waals surface area contributed by atoms with Gasteiger partial charge in [0.05, 0.1) is 21.5 Å². The van der Waals surface area contributed by atoms with Gasteiger partial charge >= 0.3 is 6.61 Å². The largest absolute Gasteiger partial charge is 0.435 e. The highest BCUT2D eigenvalue weighted by Gasteiger charge is 2.24. The molecule has 1 amide bonds. The number of rotatable bonds is 6. The van der Waals surface area contributed by atoms with Gasteiger partial charge in [0.25, 0.3) is 17.3 Å². The summed E-state index contributed by atoms with van der Waals surface area (Å²) in [7, 11) is 0. The van der Waals surface area contributed by atoms with Gasteiger partial charge in [-0.05, 0) is 31.2 Å². The maximum absolute atomic E-state index is 12.3. The molecule has 11 heteroatoms. The molecule has 0 fully saturated rings. The summed E-state index contributed by atoms with van der Waals surface area (Å²) in [5.41, 5.74) is -1.28. The molecule has 1 N–H and O–H groups in total. The number of carbonyl (C=O) groups is 1. The lowest BCUT2D eigenvalue weighted by Crippen LogP contribution is -2.14. The normalized spacial score (nSPS) is 10.5. The Labute approximate surface area is 144 Å². The molecule has 136 valence electrons. The van der Waals surface area contributed by atoms with E-state index in [1.54, 1.807) is 0 Å². The van der Waals surface area contributed by atoms with Gasteiger partial charge in [0.1, 0.15) is 5.75 Å². The zero-order valence-electron chi connectivity index (χ0n) is 13.1. The Balaban J connectivity index is 2.31. The molecular weight excluding hydrogens is 356 g/mol. The van der Waals surface area contributed by atoms with Crippen molar-refractivity contribution in [3.63, 3.8) is 0 Å². The van der Waals surface area contributed by atoms with Crippen LogP contribution in [0.15, 0.2) is 36.4 Å². The zero-order valence-corrected chi connectivity index (χ0v) is 13.1. The van der Waals surface area contributed by atoms with Crippen LogP contribution in [0.5, 0.6) is 5.75 Å². The maximum atomic E-state index is 12.3. The van der Waals surface area contributed by atoms with Crippen LogP contribution < -0.4 is 10.1 Å². The smallest absolute Gasteiger partial charge is 0.387 e. The number of carbonyl (C=O) groups excluding carboxylic acids is 1. The molecule has 0 atom stereocenters. The summed E-state index contributed by atoms with van der Waals surface area (Å²) < 4.78 is 28.4. The quantitative estimate of drug-likeness (QED) is 0.613. The van der Waals surface area contributed by atoms with Crippen molar-refractivity contribution in [1.29, 1.82) is 0 Å². The van der Waals surface area contributed by atoms with Crippen molar-refractivity contribution in [3.05, 3.63) is 67.8 Å². The first-order valence-electron chi connectivity index (χ1n) is 6.98. The third-order valence-corrected chi connectivity index (χ3v) is 3.35. The number of nitrogens with zero attached hydrogens (tertiary/aromatic N) is 2. The van der Waals surface area contributed by atoms with Crippen LogP contribution in [-0.4, -0.2) is 22.4 Å². The van der Waals surface area contributed by atoms with Gasteiger partial charge in [0, 0.05) is 17.3 Å². The Morgan fingerprint density at radius 3 is 2.23 bits per heavy atom. The summed E-state index contributed by atoms with van der Waals surface area (Å²) in [6.07, 6.45) is 0. The molecule has 2 aromatic carbocycles. The molecule has 2 aromatic rings. The molecule has 0 aliphatic heterocycles. The van der Waals surface area contributed by atoms with Crippen molar-refractivity contribution in [2.24, 2.45) is 0 Å². The fraction of sp³-hybridized carbons (Fsp3) is 0.133. The number of anilines is 1. The van der Waals surface area contributed by atoms with E-state index in [0.29, 0.717) is 0 Å². The van der Waals surface area contributed by atoms with Crippen molar-refractivity contribution in [2.75, 3.05) is 5.32 Å². The first kappa shape index (κ1) is 18.7. The van der Waals surface area contributed by atoms with E-state index in [0.717, 1.165) is 12.1 Å². The number of amides is 1. The molecule has 9 nitrogen and oxygen atoms in total. The standard InChI is InChI=1S/C15H11F2N3O6/c1-8-12(6-10(19(22)23)7-13(8)20(24)25)14(21)18-9-2-4-11(5-3-9)26-15(16)17/h2-7,15H,1H3,(H,18,21). The molecule has 0 heterocycles. The van der Waals surface area contributed by atoms with Gasteiger partial charge in [0.15, 0.2) is 0 Å². The molecule has 26 heavy (non-hydrogen) atoms. The number of hydrogen-bond acceptors (Lipinski definition) is 6. The average molecular weight is 367 g/mol. The van der Waals surface area contributed by atoms with Gasteiger partial charge in [-0.2, -0.15) is 8.78 Å². The van der Waals surface area contributed by atoms with E-state index < -0.39 is 33.7 Å². The molecule has 0 aliphatic rings. The number of non-ortho nitro benzene ring substituents is 1. The third kappa shape index (κ3) is 4.26. The Bertz CT molecular complexity index is 870. The molecule has 0 aromatic heterocycles. The lowest BCUT2D eigenvalue weighted by molar-refractivity contribution is -0.394. The van der Waals surface area contributed by atoms with Crippen molar-refractivity contribution in [3.8, 4) is 5.75 Å². The van der Waals surface area contributed by atoms with Gasteiger partial charge in [-0.25, -0.2) is 0 Å². The number of alkyl halides is 2. The molecule has 2 rings (SSSR count). The van der Waals surface area contributed by atoms with Gasteiger partial charge in [-0.15, -0.1) is 0 Å². The van der Waals surface area contributed by atoms with Crippen molar-refractivity contribution in [1.82, 2.24) is 0 Å². The molecular formula is C15H11F2N3O6. The van der Waals surface area contributed by atoms with Crippen molar-refractivity contribution < 1.29 is 28.2 Å². The van der Waals surface area contributed by atoms with Gasteiger partial charge < -0.3 is 10.1 Å². The minimum atomic E-state index is -3.00. The van der Waals surface area contributed by atoms with E-state index in [2.05, 4.69) is 10.1 Å². The van der Waals surface area contributed by atoms with Crippen LogP contribution in [0.25, 0.3) is 0 Å². The first-order chi connectivity index (χ1) is 12.2. The number of benzene rings is 2. The summed E-state index contributed by atoms with van der Waals surface area (Å²) in [6.45, 7) is -1.71. The Morgan fingerprint density at radius 2 is 1.73 bits per heavy atom. The average Bonchev–Trinajstić information content (AvgIpc) is 2.55. The van der Waals surface area contributed by atoms with E-state index in [4.69, 9.17) is 0 Å². The van der Waals surface area contributed by atoms with E-state index in [-0.39, 0.29) is 22.6 Å². The zero-order chi connectivity index (χ0) is 19.4. The Hall–Kier alpha value is -3.63. The predicted molar refractivity (Wildman–Crippen MR) is 85.5 cm³/mol. The predicted octanol–water partition coefficient (Wildman–Crippen LogP) is 3.67. The van der Waals surface area contributed by atoms with Crippen LogP contribution in [0, 0.1) is 27.2 Å². The van der Waals surface area contributed by atoms with Crippen molar-refractivity contribution >= 4 is 23.0 Å². The Morgan fingerprint density at radius 1 is 1.12 bits per heavy atom. The van der Waals surface area contributed by atoms with Gasteiger partial charge in [-0.1, -0.05) is 0 Å². The topological polar surface area (TPSA) is 125 Å². The van der Waals surface area contributed by atoms with E-state index in [1.165, 1.54) is 31.2 Å². The first-order valence-corrected chi connectivity index (χ1v) is 6.98. The fourth-order valence-corrected chi connectivity index (χ4v) is 2.13. The maximum Gasteiger partial charge on any atom is 0.387 e. The fourth-order valence-electron chi connectivity index (χ4n) is 2.13. The highest BCUT2D eigenvalue weighted by molar-refractivity contribution is 6.06. The SMILES string of the molecule is Cc1c(C(=O)Nc2ccc(OC(F)F)cc2)cc([N+](=O)[O-])cc1[N+](=O)[O-]. The number of nitrogens with one attached hydrogen (secondary N) is 1. The van der Waals surface area contributed by atoms with Crippen LogP contribution >= 0.6 is 0 Å². The van der Waals surface area contributed by atoms with E-state index >= 15 is 0 Å². The third-order valence-electron chi connectivity index (χ3n) is 3.35. The highest BCUT2D eigenvalue weighted by Crippen LogP contribution is 2.28. The minimum Gasteiger partial charge on any atom is -0.435 e. The number of ether oxygens (including phenoxy) is 1. The van der Waals surface area contributed by atoms with Crippen molar-refractivity contribution in [2.45, 2.75) is 13.5 Å². The number of hydrogen-bond donors (Lipinski definition) is 1. The number of halogens is 2. The molecule has 0 bridgehead atoms. The molecule has 0 aliphatic carbocycles. The Kier molecular flexibility index (Phi) is 5.40. The van der Waals surface area contributed by atoms with Crippen LogP contribution in [0.4, 0.5) is 25.8 Å². The molecule has 0 radical (unpaired) electrons. The second-order valence-electron chi connectivity index (χ2n) is 5.01. The van der Waals surface area contributed by atoms with E-state index in [1.807, 2.05) is 0 Å². The lowest BCUT2D eigenvalue weighted by Gasteiger charge is -2.09. The minimum absolute atomic E-state index is 0.0456. The monoisotopic (exact) mass is 367 g/mol. The second-order valence-corrected chi connectivity index (χ2v) is 5.01. The molecule has 0 saturated carbocycles. The summed E-state index contributed by atoms with van der Waals surface area (Å²) in [5.74, 6) is -0.947. The molecule has 0 saturated heterocycles. The van der Waals surface area contributed by atoms with Crippen LogP contribution in [-0.2, 0) is 0 Å². The van der Waals surface area contributed by atoms with Crippen LogP contribution in [0.2, 0.25) is 0 Å². The lowest BCUT2D eigenvalue weighted by atomic mass is 10.0. The van der Waals surface area contributed by atoms with E-state index in [9.17, 15) is 33.8 Å². The summed E-state index contributed by atoms with van der Waals surface area (Å²) in [4.78, 5) is 32.6. The highest BCUT2D eigenvalue weighted by atomic mass is 19.3. The van der Waals surface area contributed by atoms with Crippen LogP contribution in [0.1, 0.15) is 15.9 Å². The summed E-state index contributed by atoms with van der Waals surface area (Å²) in [5, 5.41) is 24.3. The van der Waals surface area contributed by atoms with Gasteiger partial charge in [0.2, 0.25) is 0 Å². The molecule has 0 spiro atoms. The number of nitro benzene ring substituents is 2. The van der Waals surface area contributed by atoms with Crippen LogP contribution in [0.3, 0.4) is 0 Å². The molecule has 0 unspecified atom stereocenters. The van der Waals surface area contributed by atoms with Gasteiger partial charge in [-0.3, -0.25) is 25.0 Å². The number of nitro groups is 2. The summed E-state index contributed by atoms with van der Waals surface area (Å²) in [6, 6.07) is 6.61. The second kappa shape index (κ2) is 7.51.